The standard InChI is InChI=1S/C40H70/c1-32(2)18-13-21-35(5)24-15-26-36(6)25-14-22-33(3)19-11-12-20-34(4)23-16-27-37(7)29-30-39-38(8)28-17-31-40(39,9)10/h16,18,24,27-30,33-34,36-37,39H,11-15,17,19-23,25-26,31H2,1-10H3/b27-16+,30-29+,35-24+. The SMILES string of the molecule is CC(C)=CCC/C(C)=C/CCC(C)CCCC(C)CCCCC(C)C/C=C/C(C)/C=C/C1C(C)=CCCC1(C)C. The number of rotatable bonds is 20. The van der Waals surface area contributed by atoms with Gasteiger partial charge in [-0.05, 0) is 102 Å². The molecule has 0 saturated heterocycles. The summed E-state index contributed by atoms with van der Waals surface area (Å²) in [7, 11) is 0. The third-order valence-corrected chi connectivity index (χ3v) is 9.45. The van der Waals surface area contributed by atoms with Gasteiger partial charge in [-0.2, -0.15) is 0 Å². The van der Waals surface area contributed by atoms with Crippen molar-refractivity contribution in [2.24, 2.45) is 35.0 Å². The average Bonchev–Trinajstić information content (AvgIpc) is 2.85. The fourth-order valence-electron chi connectivity index (χ4n) is 6.37. The molecule has 40 heavy (non-hydrogen) atoms. The molecule has 0 N–H and O–H groups in total. The van der Waals surface area contributed by atoms with Crippen LogP contribution in [0.5, 0.6) is 0 Å². The molecule has 5 atom stereocenters. The van der Waals surface area contributed by atoms with Crippen LogP contribution >= 0.6 is 0 Å². The largest absolute Gasteiger partial charge is 0.0877 e. The second-order valence-electron chi connectivity index (χ2n) is 14.8. The summed E-state index contributed by atoms with van der Waals surface area (Å²) < 4.78 is 0. The zero-order chi connectivity index (χ0) is 30.0. The Kier molecular flexibility index (Phi) is 18.9. The van der Waals surface area contributed by atoms with Crippen LogP contribution in [0, 0.1) is 35.0 Å². The van der Waals surface area contributed by atoms with Crippen molar-refractivity contribution < 1.29 is 0 Å². The van der Waals surface area contributed by atoms with Crippen LogP contribution in [0.4, 0.5) is 0 Å². The zero-order valence-electron chi connectivity index (χ0n) is 28.8. The van der Waals surface area contributed by atoms with Crippen LogP contribution in [-0.4, -0.2) is 0 Å². The topological polar surface area (TPSA) is 0 Å². The first-order chi connectivity index (χ1) is 18.9. The Balaban J connectivity index is 2.13. The normalized spacial score (nSPS) is 20.9. The lowest BCUT2D eigenvalue weighted by atomic mass is 9.68. The van der Waals surface area contributed by atoms with Gasteiger partial charge in [0.15, 0.2) is 0 Å². The first kappa shape index (κ1) is 36.7. The van der Waals surface area contributed by atoms with E-state index in [0.717, 1.165) is 17.8 Å². The fraction of sp³-hybridized carbons (Fsp3) is 0.750. The second kappa shape index (κ2) is 20.6. The highest BCUT2D eigenvalue weighted by Crippen LogP contribution is 2.41. The van der Waals surface area contributed by atoms with Crippen molar-refractivity contribution >= 4 is 0 Å². The molecular weight excluding hydrogens is 480 g/mol. The fourth-order valence-corrected chi connectivity index (χ4v) is 6.37. The van der Waals surface area contributed by atoms with Gasteiger partial charge in [0.05, 0.1) is 0 Å². The van der Waals surface area contributed by atoms with Crippen LogP contribution in [0.15, 0.2) is 59.3 Å². The second-order valence-corrected chi connectivity index (χ2v) is 14.8. The van der Waals surface area contributed by atoms with E-state index in [-0.39, 0.29) is 0 Å². The molecule has 1 aliphatic carbocycles. The van der Waals surface area contributed by atoms with Crippen LogP contribution in [0.25, 0.3) is 0 Å². The van der Waals surface area contributed by atoms with Crippen molar-refractivity contribution in [3.05, 3.63) is 59.3 Å². The van der Waals surface area contributed by atoms with Gasteiger partial charge in [0.25, 0.3) is 0 Å². The maximum absolute atomic E-state index is 2.49. The Morgan fingerprint density at radius 2 is 1.45 bits per heavy atom. The van der Waals surface area contributed by atoms with Crippen molar-refractivity contribution in [2.45, 2.75) is 159 Å². The molecule has 0 fully saturated rings. The predicted octanol–water partition coefficient (Wildman–Crippen LogP) is 13.6. The summed E-state index contributed by atoms with van der Waals surface area (Å²) in [5.74, 6) is 3.68. The summed E-state index contributed by atoms with van der Waals surface area (Å²) in [4.78, 5) is 0. The van der Waals surface area contributed by atoms with Gasteiger partial charge >= 0.3 is 0 Å². The third kappa shape index (κ3) is 17.5. The van der Waals surface area contributed by atoms with E-state index in [1.807, 2.05) is 0 Å². The smallest absolute Gasteiger partial charge is 0.00255 e. The van der Waals surface area contributed by atoms with Gasteiger partial charge in [0, 0.05) is 5.92 Å². The molecule has 1 rings (SSSR count). The summed E-state index contributed by atoms with van der Waals surface area (Å²) in [6, 6.07) is 0. The molecule has 0 saturated carbocycles. The minimum absolute atomic E-state index is 0.394. The van der Waals surface area contributed by atoms with E-state index in [0.29, 0.717) is 17.3 Å². The lowest BCUT2D eigenvalue weighted by molar-refractivity contribution is 0.255. The Morgan fingerprint density at radius 3 is 2.10 bits per heavy atom. The van der Waals surface area contributed by atoms with Crippen molar-refractivity contribution in [3.8, 4) is 0 Å². The lowest BCUT2D eigenvalue weighted by Crippen LogP contribution is -2.26. The van der Waals surface area contributed by atoms with Crippen LogP contribution in [-0.2, 0) is 0 Å². The average molecular weight is 551 g/mol. The number of hydrogen-bond acceptors (Lipinski definition) is 0. The lowest BCUT2D eigenvalue weighted by Gasteiger charge is -2.36. The summed E-state index contributed by atoms with van der Waals surface area (Å²) in [6.07, 6.45) is 35.7. The van der Waals surface area contributed by atoms with E-state index in [2.05, 4.69) is 112 Å². The molecule has 0 radical (unpaired) electrons. The van der Waals surface area contributed by atoms with Gasteiger partial charge in [-0.15, -0.1) is 0 Å². The van der Waals surface area contributed by atoms with Gasteiger partial charge in [0.2, 0.25) is 0 Å². The van der Waals surface area contributed by atoms with Crippen molar-refractivity contribution in [2.75, 3.05) is 0 Å². The number of allylic oxidation sites excluding steroid dienone is 10. The Labute approximate surface area is 253 Å². The molecule has 0 heteroatoms. The van der Waals surface area contributed by atoms with Gasteiger partial charge in [-0.3, -0.25) is 0 Å². The van der Waals surface area contributed by atoms with Gasteiger partial charge in [-0.1, -0.05) is 146 Å². The Bertz CT molecular complexity index is 809. The number of hydrogen-bond donors (Lipinski definition) is 0. The summed E-state index contributed by atoms with van der Waals surface area (Å²) in [5.41, 5.74) is 4.96. The molecule has 0 nitrogen and oxygen atoms in total. The Morgan fingerprint density at radius 1 is 0.825 bits per heavy atom. The van der Waals surface area contributed by atoms with Crippen molar-refractivity contribution in [3.63, 3.8) is 0 Å². The van der Waals surface area contributed by atoms with Crippen LogP contribution in [0.3, 0.4) is 0 Å². The van der Waals surface area contributed by atoms with Crippen molar-refractivity contribution in [1.29, 1.82) is 0 Å². The molecule has 0 bridgehead atoms. The van der Waals surface area contributed by atoms with E-state index < -0.39 is 0 Å². The van der Waals surface area contributed by atoms with Gasteiger partial charge in [0.1, 0.15) is 0 Å². The number of unbranched alkanes of at least 4 members (excludes halogenated alkanes) is 1. The first-order valence-corrected chi connectivity index (χ1v) is 17.2. The van der Waals surface area contributed by atoms with Crippen LogP contribution in [0.1, 0.15) is 159 Å². The van der Waals surface area contributed by atoms with E-state index in [1.54, 1.807) is 11.1 Å². The highest BCUT2D eigenvalue weighted by molar-refractivity contribution is 5.19. The maximum Gasteiger partial charge on any atom is 0.00255 e. The highest BCUT2D eigenvalue weighted by atomic mass is 14.3. The molecule has 0 aromatic rings. The molecule has 0 aliphatic heterocycles. The quantitative estimate of drug-likeness (QED) is 0.104. The van der Waals surface area contributed by atoms with E-state index >= 15 is 0 Å². The zero-order valence-corrected chi connectivity index (χ0v) is 28.8. The summed E-state index contributed by atoms with van der Waals surface area (Å²) in [6.45, 7) is 23.6. The maximum atomic E-state index is 2.49. The van der Waals surface area contributed by atoms with E-state index in [1.165, 1.54) is 95.5 Å². The minimum Gasteiger partial charge on any atom is -0.0877 e. The van der Waals surface area contributed by atoms with Crippen LogP contribution in [0.2, 0.25) is 0 Å². The summed E-state index contributed by atoms with van der Waals surface area (Å²) >= 11 is 0. The highest BCUT2D eigenvalue weighted by Gasteiger charge is 2.30. The van der Waals surface area contributed by atoms with Crippen LogP contribution < -0.4 is 0 Å². The molecule has 230 valence electrons. The van der Waals surface area contributed by atoms with E-state index in [4.69, 9.17) is 0 Å². The van der Waals surface area contributed by atoms with E-state index in [9.17, 15) is 0 Å². The molecule has 0 aromatic carbocycles. The third-order valence-electron chi connectivity index (χ3n) is 9.45. The monoisotopic (exact) mass is 551 g/mol. The molecule has 0 heterocycles. The molecule has 5 unspecified atom stereocenters. The molecule has 0 spiro atoms. The predicted molar refractivity (Wildman–Crippen MR) is 184 cm³/mol. The van der Waals surface area contributed by atoms with Gasteiger partial charge in [-0.25, -0.2) is 0 Å². The molecular formula is C40H70. The molecule has 0 amide bonds. The molecule has 0 aromatic heterocycles. The van der Waals surface area contributed by atoms with Crippen molar-refractivity contribution in [1.82, 2.24) is 0 Å². The Hall–Kier alpha value is -1.30. The summed E-state index contributed by atoms with van der Waals surface area (Å²) in [5, 5.41) is 0. The first-order valence-electron chi connectivity index (χ1n) is 17.2. The van der Waals surface area contributed by atoms with Gasteiger partial charge < -0.3 is 0 Å². The molecule has 1 aliphatic rings. The minimum atomic E-state index is 0.394.